The lowest BCUT2D eigenvalue weighted by Gasteiger charge is -2.31. The van der Waals surface area contributed by atoms with Gasteiger partial charge in [-0.25, -0.2) is 4.39 Å². The van der Waals surface area contributed by atoms with E-state index in [4.69, 9.17) is 8.85 Å². The van der Waals surface area contributed by atoms with Crippen LogP contribution < -0.4 is 4.74 Å². The van der Waals surface area contributed by atoms with Crippen molar-refractivity contribution in [1.82, 2.24) is 0 Å². The van der Waals surface area contributed by atoms with Gasteiger partial charge in [-0.1, -0.05) is 81.1 Å². The van der Waals surface area contributed by atoms with Crippen LogP contribution in [0.2, 0.25) is 38.8 Å². The molecule has 39 heavy (non-hydrogen) atoms. The smallest absolute Gasteiger partial charge is 0.201 e. The molecule has 3 rings (SSSR count). The summed E-state index contributed by atoms with van der Waals surface area (Å²) >= 11 is 0. The molecule has 0 aliphatic carbocycles. The maximum absolute atomic E-state index is 15.0. The molecule has 0 saturated heterocycles. The van der Waals surface area contributed by atoms with Crippen LogP contribution in [0.25, 0.3) is 22.3 Å². The average Bonchev–Trinajstić information content (AvgIpc) is 2.88. The molecule has 0 fully saturated rings. The maximum Gasteiger partial charge on any atom is 0.201 e. The first-order valence-corrected chi connectivity index (χ1v) is 21.0. The molecule has 0 unspecified atom stereocenters. The first-order chi connectivity index (χ1) is 18.5. The Hall–Kier alpha value is -2.29. The Morgan fingerprint density at radius 2 is 1.26 bits per heavy atom. The molecule has 0 radical (unpaired) electrons. The molecular weight excluding hydrogens is 523 g/mol. The van der Waals surface area contributed by atoms with E-state index in [1.54, 1.807) is 6.07 Å². The summed E-state index contributed by atoms with van der Waals surface area (Å²) < 4.78 is 41.8. The summed E-state index contributed by atoms with van der Waals surface area (Å²) in [5.41, 5.74) is 4.40. The van der Waals surface area contributed by atoms with Gasteiger partial charge in [-0.15, -0.1) is 0 Å². The number of unbranched alkanes of at least 4 members (excludes halogenated alkanes) is 4. The van der Waals surface area contributed by atoms with Crippen molar-refractivity contribution in [2.75, 3.05) is 6.61 Å². The Morgan fingerprint density at radius 1 is 0.641 bits per heavy atom. The number of ether oxygens (including phenoxy) is 1. The van der Waals surface area contributed by atoms with Gasteiger partial charge in [-0.05, 0) is 92.4 Å². The van der Waals surface area contributed by atoms with E-state index in [9.17, 15) is 8.78 Å². The lowest BCUT2D eigenvalue weighted by atomic mass is 9.98. The second-order valence-corrected chi connectivity index (χ2v) is 21.2. The molecule has 0 spiro atoms. The molecule has 0 saturated carbocycles. The van der Waals surface area contributed by atoms with Gasteiger partial charge in [-0.2, -0.15) is 4.39 Å². The van der Waals surface area contributed by atoms with Crippen LogP contribution >= 0.6 is 0 Å². The molecule has 0 heterocycles. The zero-order valence-corrected chi connectivity index (χ0v) is 26.7. The second-order valence-electron chi connectivity index (χ2n) is 12.1. The lowest BCUT2D eigenvalue weighted by molar-refractivity contribution is 0.286. The lowest BCUT2D eigenvalue weighted by Crippen LogP contribution is -2.42. The molecule has 0 bridgehead atoms. The number of benzene rings is 3. The Labute approximate surface area is 237 Å². The van der Waals surface area contributed by atoms with E-state index < -0.39 is 28.3 Å². The fraction of sp³-hybridized carbons (Fsp3) is 0.455. The SMILES string of the molecule is CCCCCc1ccc(-c2ccc(-c3ccc(OCCCCC[Si](C)(C)O[Si](C)(C)C)c(F)c3F)cc2)cc1. The minimum atomic E-state index is -1.64. The fourth-order valence-corrected chi connectivity index (χ4v) is 13.2. The van der Waals surface area contributed by atoms with Crippen LogP contribution in [0.1, 0.15) is 51.0 Å². The minimum absolute atomic E-state index is 0.0244. The van der Waals surface area contributed by atoms with Crippen LogP contribution in [0.5, 0.6) is 5.75 Å². The van der Waals surface area contributed by atoms with Crippen LogP contribution in [0.4, 0.5) is 8.78 Å². The van der Waals surface area contributed by atoms with E-state index in [0.29, 0.717) is 12.2 Å². The standard InChI is InChI=1S/C33H46F2O2Si2/c1-7-8-10-13-26-14-16-27(17-15-26)28-18-20-29(21-19-28)30-22-23-31(33(35)32(30)34)36-24-11-9-12-25-39(5,6)37-38(2,3)4/h14-23H,7-13,24-25H2,1-6H3. The van der Waals surface area contributed by atoms with E-state index in [0.717, 1.165) is 42.9 Å². The van der Waals surface area contributed by atoms with E-state index >= 15 is 0 Å². The molecule has 0 aliphatic heterocycles. The van der Waals surface area contributed by atoms with E-state index in [2.05, 4.69) is 63.9 Å². The number of halogens is 2. The zero-order chi connectivity index (χ0) is 28.5. The number of rotatable bonds is 15. The molecule has 0 N–H and O–H groups in total. The van der Waals surface area contributed by atoms with Crippen molar-refractivity contribution >= 4 is 16.6 Å². The third kappa shape index (κ3) is 10.00. The molecule has 3 aromatic rings. The summed E-state index contributed by atoms with van der Waals surface area (Å²) in [7, 11) is -3.16. The quantitative estimate of drug-likeness (QED) is 0.134. The monoisotopic (exact) mass is 568 g/mol. The van der Waals surface area contributed by atoms with Gasteiger partial charge in [-0.3, -0.25) is 0 Å². The number of hydrogen-bond acceptors (Lipinski definition) is 2. The van der Waals surface area contributed by atoms with Crippen LogP contribution in [0.3, 0.4) is 0 Å². The van der Waals surface area contributed by atoms with Gasteiger partial charge in [0, 0.05) is 5.56 Å². The van der Waals surface area contributed by atoms with Crippen molar-refractivity contribution in [3.05, 3.63) is 77.9 Å². The molecular formula is C33H46F2O2Si2. The second kappa shape index (κ2) is 14.4. The van der Waals surface area contributed by atoms with Crippen LogP contribution in [-0.2, 0) is 10.5 Å². The normalized spacial score (nSPS) is 12.1. The average molecular weight is 569 g/mol. The minimum Gasteiger partial charge on any atom is -0.490 e. The summed E-state index contributed by atoms with van der Waals surface area (Å²) in [6, 6.07) is 20.5. The zero-order valence-electron chi connectivity index (χ0n) is 24.7. The third-order valence-corrected chi connectivity index (χ3v) is 13.1. The highest BCUT2D eigenvalue weighted by Gasteiger charge is 2.28. The van der Waals surface area contributed by atoms with Crippen molar-refractivity contribution < 1.29 is 17.6 Å². The highest BCUT2D eigenvalue weighted by molar-refractivity contribution is 6.84. The van der Waals surface area contributed by atoms with Gasteiger partial charge < -0.3 is 8.85 Å². The predicted octanol–water partition coefficient (Wildman–Crippen LogP) is 10.6. The predicted molar refractivity (Wildman–Crippen MR) is 167 cm³/mol. The summed E-state index contributed by atoms with van der Waals surface area (Å²) in [5.74, 6) is -1.82. The summed E-state index contributed by atoms with van der Waals surface area (Å²) in [6.45, 7) is 13.9. The molecule has 0 aromatic heterocycles. The molecule has 0 aliphatic rings. The largest absolute Gasteiger partial charge is 0.490 e. The van der Waals surface area contributed by atoms with Crippen molar-refractivity contribution in [2.45, 2.75) is 90.6 Å². The Kier molecular flexibility index (Phi) is 11.5. The van der Waals surface area contributed by atoms with Gasteiger partial charge in [0.05, 0.1) is 6.61 Å². The first kappa shape index (κ1) is 31.2. The number of aryl methyl sites for hydroxylation is 1. The van der Waals surface area contributed by atoms with Crippen LogP contribution in [0.15, 0.2) is 60.7 Å². The highest BCUT2D eigenvalue weighted by Crippen LogP contribution is 2.32. The maximum atomic E-state index is 15.0. The highest BCUT2D eigenvalue weighted by atomic mass is 28.4. The van der Waals surface area contributed by atoms with Gasteiger partial charge in [0.1, 0.15) is 0 Å². The summed E-state index contributed by atoms with van der Waals surface area (Å²) in [5, 5.41) is 0. The Balaban J connectivity index is 1.53. The molecule has 3 aromatic carbocycles. The molecule has 2 nitrogen and oxygen atoms in total. The molecule has 212 valence electrons. The molecule has 0 atom stereocenters. The van der Waals surface area contributed by atoms with Crippen LogP contribution in [-0.4, -0.2) is 23.2 Å². The van der Waals surface area contributed by atoms with E-state index in [1.807, 2.05) is 24.3 Å². The summed E-state index contributed by atoms with van der Waals surface area (Å²) in [4.78, 5) is 0. The van der Waals surface area contributed by atoms with Crippen molar-refractivity contribution in [2.24, 2.45) is 0 Å². The van der Waals surface area contributed by atoms with Crippen molar-refractivity contribution in [1.29, 1.82) is 0 Å². The van der Waals surface area contributed by atoms with Gasteiger partial charge >= 0.3 is 0 Å². The van der Waals surface area contributed by atoms with E-state index in [1.165, 1.54) is 30.9 Å². The van der Waals surface area contributed by atoms with Crippen LogP contribution in [0, 0.1) is 11.6 Å². The fourth-order valence-electron chi connectivity index (χ4n) is 5.04. The first-order valence-electron chi connectivity index (χ1n) is 14.5. The van der Waals surface area contributed by atoms with Gasteiger partial charge in [0.25, 0.3) is 0 Å². The third-order valence-electron chi connectivity index (χ3n) is 6.86. The Bertz CT molecular complexity index is 1170. The van der Waals surface area contributed by atoms with Crippen molar-refractivity contribution in [3.8, 4) is 28.0 Å². The molecule has 0 amide bonds. The number of hydrogen-bond donors (Lipinski definition) is 0. The van der Waals surface area contributed by atoms with E-state index in [-0.39, 0.29) is 11.3 Å². The molecule has 6 heteroatoms. The topological polar surface area (TPSA) is 18.5 Å². The van der Waals surface area contributed by atoms with Crippen molar-refractivity contribution in [3.63, 3.8) is 0 Å². The Morgan fingerprint density at radius 3 is 1.87 bits per heavy atom. The van der Waals surface area contributed by atoms with Gasteiger partial charge in [0.2, 0.25) is 5.82 Å². The summed E-state index contributed by atoms with van der Waals surface area (Å²) in [6.07, 6.45) is 7.66. The van der Waals surface area contributed by atoms with Gasteiger partial charge in [0.15, 0.2) is 28.2 Å².